The lowest BCUT2D eigenvalue weighted by Crippen LogP contribution is -2.32. The van der Waals surface area contributed by atoms with Crippen LogP contribution in [0.5, 0.6) is 5.75 Å². The van der Waals surface area contributed by atoms with E-state index in [1.807, 2.05) is 31.2 Å². The number of aromatic amines is 1. The highest BCUT2D eigenvalue weighted by Crippen LogP contribution is 2.44. The molecular formula is C24H24N2O5. The van der Waals surface area contributed by atoms with Crippen molar-refractivity contribution in [1.29, 1.82) is 0 Å². The summed E-state index contributed by atoms with van der Waals surface area (Å²) in [5.41, 5.74) is 2.89. The number of ketones is 1. The number of nitrogens with zero attached hydrogens (tertiary/aromatic N) is 1. The number of benzene rings is 2. The van der Waals surface area contributed by atoms with Gasteiger partial charge in [-0.2, -0.15) is 0 Å². The van der Waals surface area contributed by atoms with Crippen LogP contribution in [-0.2, 0) is 14.3 Å². The van der Waals surface area contributed by atoms with Crippen molar-refractivity contribution in [2.45, 2.75) is 13.0 Å². The Hall–Kier alpha value is -3.58. The summed E-state index contributed by atoms with van der Waals surface area (Å²) in [6, 6.07) is 13.8. The summed E-state index contributed by atoms with van der Waals surface area (Å²) < 4.78 is 10.5. The Morgan fingerprint density at radius 3 is 2.55 bits per heavy atom. The number of para-hydroxylation sites is 2. The number of fused-ring (bicyclic) bond motifs is 1. The van der Waals surface area contributed by atoms with Crippen LogP contribution in [0.2, 0.25) is 0 Å². The molecule has 0 aliphatic carbocycles. The van der Waals surface area contributed by atoms with E-state index >= 15 is 0 Å². The van der Waals surface area contributed by atoms with Gasteiger partial charge in [0, 0.05) is 35.8 Å². The number of methoxy groups -OCH3 is 2. The summed E-state index contributed by atoms with van der Waals surface area (Å²) >= 11 is 0. The van der Waals surface area contributed by atoms with Crippen LogP contribution in [0, 0.1) is 6.92 Å². The summed E-state index contributed by atoms with van der Waals surface area (Å²) in [6.45, 7) is 2.38. The van der Waals surface area contributed by atoms with Gasteiger partial charge >= 0.3 is 0 Å². The Labute approximate surface area is 179 Å². The average molecular weight is 420 g/mol. The number of amides is 1. The molecule has 7 heteroatoms. The highest BCUT2D eigenvalue weighted by Gasteiger charge is 2.47. The van der Waals surface area contributed by atoms with E-state index in [0.29, 0.717) is 11.3 Å². The van der Waals surface area contributed by atoms with E-state index in [2.05, 4.69) is 4.98 Å². The van der Waals surface area contributed by atoms with Crippen LogP contribution in [0.1, 0.15) is 22.9 Å². The number of carbonyl (C=O) groups excluding carboxylic acids is 2. The minimum Gasteiger partial charge on any atom is -0.507 e. The van der Waals surface area contributed by atoms with Crippen molar-refractivity contribution in [2.75, 3.05) is 27.4 Å². The van der Waals surface area contributed by atoms with Crippen molar-refractivity contribution in [3.05, 3.63) is 70.9 Å². The number of H-pyrrole nitrogens is 1. The molecule has 1 aliphatic heterocycles. The Balaban J connectivity index is 1.99. The Morgan fingerprint density at radius 2 is 1.81 bits per heavy atom. The number of aliphatic hydroxyl groups excluding tert-OH is 1. The van der Waals surface area contributed by atoms with E-state index in [1.54, 1.807) is 24.3 Å². The maximum absolute atomic E-state index is 13.1. The molecule has 1 fully saturated rings. The third-order valence-electron chi connectivity index (χ3n) is 5.66. The first-order valence-electron chi connectivity index (χ1n) is 9.97. The second kappa shape index (κ2) is 8.28. The molecule has 1 saturated heterocycles. The lowest BCUT2D eigenvalue weighted by Gasteiger charge is -2.25. The number of aromatic nitrogens is 1. The zero-order chi connectivity index (χ0) is 22.1. The normalized spacial score (nSPS) is 18.2. The predicted octanol–water partition coefficient (Wildman–Crippen LogP) is 3.55. The maximum atomic E-state index is 13.1. The van der Waals surface area contributed by atoms with Gasteiger partial charge in [-0.25, -0.2) is 0 Å². The average Bonchev–Trinajstić information content (AvgIpc) is 3.24. The molecule has 2 aromatic carbocycles. The van der Waals surface area contributed by atoms with Gasteiger partial charge < -0.3 is 24.5 Å². The van der Waals surface area contributed by atoms with Gasteiger partial charge in [0.05, 0.1) is 30.9 Å². The molecule has 4 rings (SSSR count). The van der Waals surface area contributed by atoms with E-state index in [9.17, 15) is 14.7 Å². The summed E-state index contributed by atoms with van der Waals surface area (Å²) in [6.07, 6.45) is 0. The van der Waals surface area contributed by atoms with Gasteiger partial charge in [0.1, 0.15) is 11.5 Å². The quantitative estimate of drug-likeness (QED) is 0.361. The van der Waals surface area contributed by atoms with Gasteiger partial charge in [-0.1, -0.05) is 30.3 Å². The molecule has 2 N–H and O–H groups in total. The molecule has 1 aliphatic rings. The minimum atomic E-state index is -0.754. The van der Waals surface area contributed by atoms with E-state index < -0.39 is 17.7 Å². The smallest absolute Gasteiger partial charge is 0.295 e. The van der Waals surface area contributed by atoms with Gasteiger partial charge in [0.2, 0.25) is 0 Å². The lowest BCUT2D eigenvalue weighted by molar-refractivity contribution is -0.140. The first-order chi connectivity index (χ1) is 15.0. The molecule has 1 unspecified atom stereocenters. The van der Waals surface area contributed by atoms with E-state index in [1.165, 1.54) is 19.1 Å². The van der Waals surface area contributed by atoms with E-state index in [0.717, 1.165) is 22.2 Å². The molecule has 1 amide bonds. The second-order valence-electron chi connectivity index (χ2n) is 7.39. The van der Waals surface area contributed by atoms with E-state index in [4.69, 9.17) is 9.47 Å². The van der Waals surface area contributed by atoms with Crippen LogP contribution in [0.4, 0.5) is 0 Å². The van der Waals surface area contributed by atoms with Crippen molar-refractivity contribution in [2.24, 2.45) is 0 Å². The topological polar surface area (TPSA) is 91.9 Å². The molecule has 7 nitrogen and oxygen atoms in total. The summed E-state index contributed by atoms with van der Waals surface area (Å²) in [7, 11) is 3.03. The summed E-state index contributed by atoms with van der Waals surface area (Å²) in [4.78, 5) is 30.9. The minimum absolute atomic E-state index is 0.0402. The monoisotopic (exact) mass is 420 g/mol. The SMILES string of the molecule is COCCN1C(=O)C(=O)/C(=C(/O)c2ccccc2OC)C1c1c(C)[nH]c2ccccc12. The van der Waals surface area contributed by atoms with Crippen molar-refractivity contribution in [1.82, 2.24) is 9.88 Å². The highest BCUT2D eigenvalue weighted by molar-refractivity contribution is 6.46. The van der Waals surface area contributed by atoms with Crippen LogP contribution in [0.3, 0.4) is 0 Å². The van der Waals surface area contributed by atoms with Crippen LogP contribution in [0.15, 0.2) is 54.1 Å². The third-order valence-corrected chi connectivity index (χ3v) is 5.66. The molecule has 2 heterocycles. The zero-order valence-corrected chi connectivity index (χ0v) is 17.6. The number of likely N-dealkylation sites (tertiary alicyclic amines) is 1. The number of aryl methyl sites for hydroxylation is 1. The molecule has 0 radical (unpaired) electrons. The number of ether oxygens (including phenoxy) is 2. The molecule has 0 spiro atoms. The number of hydrogen-bond donors (Lipinski definition) is 2. The number of Topliss-reactive ketones (excluding diaryl/α,β-unsaturated/α-hetero) is 1. The fourth-order valence-electron chi connectivity index (χ4n) is 4.24. The van der Waals surface area contributed by atoms with Crippen LogP contribution in [-0.4, -0.2) is 54.1 Å². The largest absolute Gasteiger partial charge is 0.507 e. The third kappa shape index (κ3) is 3.37. The van der Waals surface area contributed by atoms with Gasteiger partial charge in [-0.15, -0.1) is 0 Å². The number of rotatable bonds is 6. The van der Waals surface area contributed by atoms with E-state index in [-0.39, 0.29) is 24.5 Å². The number of carbonyl (C=O) groups is 2. The zero-order valence-electron chi connectivity index (χ0n) is 17.6. The van der Waals surface area contributed by atoms with Crippen LogP contribution >= 0.6 is 0 Å². The Kier molecular flexibility index (Phi) is 5.52. The molecule has 1 aromatic heterocycles. The standard InChI is InChI=1S/C24H24N2O5/c1-14-19(15-8-4-6-10-17(15)25-14)21-20(23(28)24(29)26(21)12-13-30-2)22(27)16-9-5-7-11-18(16)31-3/h4-11,21,25,27H,12-13H2,1-3H3/b22-20+. The maximum Gasteiger partial charge on any atom is 0.295 e. The van der Waals surface area contributed by atoms with Crippen molar-refractivity contribution in [3.63, 3.8) is 0 Å². The number of aliphatic hydroxyl groups is 1. The van der Waals surface area contributed by atoms with Crippen molar-refractivity contribution >= 4 is 28.4 Å². The number of hydrogen-bond acceptors (Lipinski definition) is 5. The fraction of sp³-hybridized carbons (Fsp3) is 0.250. The Morgan fingerprint density at radius 1 is 1.10 bits per heavy atom. The highest BCUT2D eigenvalue weighted by atomic mass is 16.5. The molecule has 0 bridgehead atoms. The molecule has 3 aromatic rings. The predicted molar refractivity (Wildman–Crippen MR) is 117 cm³/mol. The van der Waals surface area contributed by atoms with Gasteiger partial charge in [-0.05, 0) is 25.1 Å². The number of nitrogens with one attached hydrogen (secondary N) is 1. The first kappa shape index (κ1) is 20.7. The molecule has 160 valence electrons. The summed E-state index contributed by atoms with van der Waals surface area (Å²) in [5, 5.41) is 12.1. The fourth-order valence-corrected chi connectivity index (χ4v) is 4.24. The molecule has 1 atom stereocenters. The van der Waals surface area contributed by atoms with Crippen molar-refractivity contribution in [3.8, 4) is 5.75 Å². The van der Waals surface area contributed by atoms with Gasteiger partial charge in [0.25, 0.3) is 11.7 Å². The molecule has 31 heavy (non-hydrogen) atoms. The van der Waals surface area contributed by atoms with Crippen LogP contribution < -0.4 is 4.74 Å². The summed E-state index contributed by atoms with van der Waals surface area (Å²) in [5.74, 6) is -1.24. The van der Waals surface area contributed by atoms with Gasteiger partial charge in [-0.3, -0.25) is 9.59 Å². The lowest BCUT2D eigenvalue weighted by atomic mass is 9.93. The molecule has 0 saturated carbocycles. The second-order valence-corrected chi connectivity index (χ2v) is 7.39. The van der Waals surface area contributed by atoms with Crippen molar-refractivity contribution < 1.29 is 24.2 Å². The van der Waals surface area contributed by atoms with Gasteiger partial charge in [0.15, 0.2) is 0 Å². The van der Waals surface area contributed by atoms with Crippen LogP contribution in [0.25, 0.3) is 16.7 Å². The Bertz CT molecular complexity index is 1190. The molecular weight excluding hydrogens is 396 g/mol. The first-order valence-corrected chi connectivity index (χ1v) is 9.97.